The molecule has 0 atom stereocenters. The van der Waals surface area contributed by atoms with Gasteiger partial charge in [-0.3, -0.25) is 5.73 Å². The summed E-state index contributed by atoms with van der Waals surface area (Å²) in [5.41, 5.74) is 8.57. The normalized spacial score (nSPS) is 10.4. The van der Waals surface area contributed by atoms with Crippen LogP contribution >= 0.6 is 22.9 Å². The smallest absolute Gasteiger partial charge is 0.276 e. The van der Waals surface area contributed by atoms with Crippen molar-refractivity contribution in [3.8, 4) is 0 Å². The number of nitrogens with zero attached hydrogens (tertiary/aromatic N) is 2. The minimum Gasteiger partial charge on any atom is -0.276 e. The zero-order chi connectivity index (χ0) is 9.97. The Bertz CT molecular complexity index is 424. The summed E-state index contributed by atoms with van der Waals surface area (Å²) in [6.45, 7) is 0.687. The number of anilines is 1. The van der Waals surface area contributed by atoms with Crippen LogP contribution in [0.15, 0.2) is 29.8 Å². The van der Waals surface area contributed by atoms with Gasteiger partial charge in [-0.1, -0.05) is 28.8 Å². The van der Waals surface area contributed by atoms with E-state index in [0.29, 0.717) is 11.7 Å². The second-order valence-corrected chi connectivity index (χ2v) is 4.16. The Hall–Kier alpha value is -1.13. The molecular weight excluding hydrogens is 218 g/mol. The van der Waals surface area contributed by atoms with Crippen molar-refractivity contribution in [2.75, 3.05) is 5.73 Å². The lowest BCUT2D eigenvalue weighted by atomic mass is 10.2. The maximum absolute atomic E-state index is 5.78. The molecule has 2 rings (SSSR count). The fraction of sp³-hybridized carbons (Fsp3) is 0.111. The van der Waals surface area contributed by atoms with Crippen LogP contribution in [0.1, 0.15) is 5.56 Å². The summed E-state index contributed by atoms with van der Waals surface area (Å²) in [6.07, 6.45) is 0. The van der Waals surface area contributed by atoms with Crippen LogP contribution in [0, 0.1) is 0 Å². The fourth-order valence-electron chi connectivity index (χ4n) is 1.13. The van der Waals surface area contributed by atoms with E-state index in [4.69, 9.17) is 17.3 Å². The van der Waals surface area contributed by atoms with Gasteiger partial charge in [0, 0.05) is 5.02 Å². The Kier molecular flexibility index (Phi) is 2.65. The van der Waals surface area contributed by atoms with E-state index in [9.17, 15) is 0 Å². The lowest BCUT2D eigenvalue weighted by Gasteiger charge is -1.97. The lowest BCUT2D eigenvalue weighted by Crippen LogP contribution is -2.38. The molecule has 1 aromatic heterocycles. The number of rotatable bonds is 2. The maximum atomic E-state index is 5.78. The Labute approximate surface area is 90.8 Å². The third-order valence-electron chi connectivity index (χ3n) is 1.86. The van der Waals surface area contributed by atoms with Gasteiger partial charge in [-0.2, -0.15) is 0 Å². The highest BCUT2D eigenvalue weighted by Gasteiger charge is 2.07. The standard InChI is InChI=1S/C9H8ClN3S/c10-8-3-1-7(2-4-8)5-13-9(11)14-6-12-13/h1-4,6,11H,5H2/p+1. The number of halogens is 1. The number of hydrogen-bond acceptors (Lipinski definition) is 3. The first-order valence-electron chi connectivity index (χ1n) is 4.09. The van der Waals surface area contributed by atoms with E-state index >= 15 is 0 Å². The van der Waals surface area contributed by atoms with Gasteiger partial charge in [0.1, 0.15) is 12.1 Å². The summed E-state index contributed by atoms with van der Waals surface area (Å²) < 4.78 is 1.76. The first kappa shape index (κ1) is 9.43. The zero-order valence-corrected chi connectivity index (χ0v) is 8.92. The first-order valence-corrected chi connectivity index (χ1v) is 5.35. The molecule has 1 aromatic carbocycles. The van der Waals surface area contributed by atoms with Crippen molar-refractivity contribution in [1.82, 2.24) is 5.10 Å². The van der Waals surface area contributed by atoms with Crippen molar-refractivity contribution < 1.29 is 4.68 Å². The summed E-state index contributed by atoms with van der Waals surface area (Å²) in [5, 5.41) is 5.56. The molecule has 0 amide bonds. The number of benzene rings is 1. The van der Waals surface area contributed by atoms with E-state index < -0.39 is 0 Å². The SMILES string of the molecule is Nc1scn[n+]1Cc1ccc(Cl)cc1. The molecule has 0 aliphatic carbocycles. The average molecular weight is 227 g/mol. The van der Waals surface area contributed by atoms with Crippen LogP contribution in [0.3, 0.4) is 0 Å². The topological polar surface area (TPSA) is 42.8 Å². The molecule has 0 unspecified atom stereocenters. The van der Waals surface area contributed by atoms with Crippen LogP contribution in [-0.2, 0) is 6.54 Å². The Morgan fingerprint density at radius 1 is 1.36 bits per heavy atom. The highest BCUT2D eigenvalue weighted by Crippen LogP contribution is 2.10. The van der Waals surface area contributed by atoms with Gasteiger partial charge in [-0.25, -0.2) is 0 Å². The van der Waals surface area contributed by atoms with Gasteiger partial charge >= 0.3 is 5.13 Å². The third kappa shape index (κ3) is 2.02. The molecule has 14 heavy (non-hydrogen) atoms. The van der Waals surface area contributed by atoms with Crippen LogP contribution in [0.5, 0.6) is 0 Å². The van der Waals surface area contributed by atoms with Gasteiger partial charge in [-0.05, 0) is 29.0 Å². The molecule has 0 radical (unpaired) electrons. The second-order valence-electron chi connectivity index (χ2n) is 2.86. The van der Waals surface area contributed by atoms with E-state index in [1.807, 2.05) is 24.3 Å². The number of nitrogen functional groups attached to an aromatic ring is 1. The van der Waals surface area contributed by atoms with Crippen LogP contribution in [0.4, 0.5) is 5.13 Å². The van der Waals surface area contributed by atoms with Crippen LogP contribution in [0.25, 0.3) is 0 Å². The molecule has 0 saturated heterocycles. The van der Waals surface area contributed by atoms with Crippen molar-refractivity contribution in [3.05, 3.63) is 40.4 Å². The second kappa shape index (κ2) is 3.94. The monoisotopic (exact) mass is 226 g/mol. The molecule has 0 aliphatic rings. The highest BCUT2D eigenvalue weighted by atomic mass is 35.5. The van der Waals surface area contributed by atoms with Crippen molar-refractivity contribution >= 4 is 28.1 Å². The van der Waals surface area contributed by atoms with E-state index in [2.05, 4.69) is 5.10 Å². The number of hydrogen-bond donors (Lipinski definition) is 1. The minimum absolute atomic E-state index is 0.687. The van der Waals surface area contributed by atoms with E-state index in [1.165, 1.54) is 11.3 Å². The Morgan fingerprint density at radius 2 is 2.07 bits per heavy atom. The minimum atomic E-state index is 0.687. The molecule has 2 N–H and O–H groups in total. The van der Waals surface area contributed by atoms with Gasteiger partial charge in [0.15, 0.2) is 0 Å². The molecule has 0 spiro atoms. The molecule has 0 bridgehead atoms. The Balaban J connectivity index is 2.19. The predicted octanol–water partition coefficient (Wildman–Crippen LogP) is 1.71. The number of aromatic nitrogens is 2. The van der Waals surface area contributed by atoms with Crippen LogP contribution < -0.4 is 10.4 Å². The molecule has 72 valence electrons. The molecule has 3 nitrogen and oxygen atoms in total. The lowest BCUT2D eigenvalue weighted by molar-refractivity contribution is -0.727. The van der Waals surface area contributed by atoms with E-state index in [-0.39, 0.29) is 0 Å². The number of nitrogens with two attached hydrogens (primary N) is 1. The van der Waals surface area contributed by atoms with E-state index in [0.717, 1.165) is 10.6 Å². The summed E-state index contributed by atoms with van der Waals surface area (Å²) in [7, 11) is 0. The quantitative estimate of drug-likeness (QED) is 0.793. The van der Waals surface area contributed by atoms with Crippen molar-refractivity contribution in [1.29, 1.82) is 0 Å². The van der Waals surface area contributed by atoms with Gasteiger partial charge in [0.25, 0.3) is 0 Å². The Morgan fingerprint density at radius 3 is 2.64 bits per heavy atom. The van der Waals surface area contributed by atoms with Gasteiger partial charge in [0.05, 0.1) is 0 Å². The third-order valence-corrected chi connectivity index (χ3v) is 2.76. The molecule has 2 aromatic rings. The van der Waals surface area contributed by atoms with Gasteiger partial charge in [-0.15, -0.1) is 4.68 Å². The van der Waals surface area contributed by atoms with E-state index in [1.54, 1.807) is 10.2 Å². The molecule has 0 fully saturated rings. The summed E-state index contributed by atoms with van der Waals surface area (Å²) >= 11 is 7.21. The predicted molar refractivity (Wildman–Crippen MR) is 57.3 cm³/mol. The maximum Gasteiger partial charge on any atom is 0.354 e. The molecule has 0 saturated carbocycles. The van der Waals surface area contributed by atoms with Gasteiger partial charge in [0.2, 0.25) is 0 Å². The highest BCUT2D eigenvalue weighted by molar-refractivity contribution is 7.12. The van der Waals surface area contributed by atoms with Gasteiger partial charge < -0.3 is 0 Å². The van der Waals surface area contributed by atoms with Crippen LogP contribution in [-0.4, -0.2) is 5.10 Å². The summed E-state index contributed by atoms with van der Waals surface area (Å²) in [4.78, 5) is 0. The molecular formula is C9H9ClN3S+. The molecule has 0 aliphatic heterocycles. The first-order chi connectivity index (χ1) is 6.75. The van der Waals surface area contributed by atoms with Crippen LogP contribution in [0.2, 0.25) is 5.02 Å². The molecule has 1 heterocycles. The van der Waals surface area contributed by atoms with Crippen molar-refractivity contribution in [2.45, 2.75) is 6.54 Å². The average Bonchev–Trinajstić information content (AvgIpc) is 2.56. The summed E-state index contributed by atoms with van der Waals surface area (Å²) in [6, 6.07) is 7.66. The molecule has 5 heteroatoms. The summed E-state index contributed by atoms with van der Waals surface area (Å²) in [5.74, 6) is 0. The fourth-order valence-corrected chi connectivity index (χ4v) is 1.76. The zero-order valence-electron chi connectivity index (χ0n) is 7.35. The van der Waals surface area contributed by atoms with Crippen molar-refractivity contribution in [2.24, 2.45) is 0 Å². The largest absolute Gasteiger partial charge is 0.354 e. The van der Waals surface area contributed by atoms with Crippen molar-refractivity contribution in [3.63, 3.8) is 0 Å².